The number of carbonyl (C=O) groups is 4. The van der Waals surface area contributed by atoms with Gasteiger partial charge in [0.15, 0.2) is 6.61 Å². The summed E-state index contributed by atoms with van der Waals surface area (Å²) in [5, 5.41) is 3.84. The van der Waals surface area contributed by atoms with Crippen LogP contribution in [0.25, 0.3) is 0 Å². The molecule has 7 nitrogen and oxygen atoms in total. The number of imide groups is 1. The van der Waals surface area contributed by atoms with E-state index < -0.39 is 30.4 Å². The van der Waals surface area contributed by atoms with Gasteiger partial charge >= 0.3 is 5.97 Å². The monoisotopic (exact) mass is 386 g/mol. The normalized spacial score (nSPS) is 14.1. The molecule has 1 aliphatic rings. The number of benzene rings is 1. The lowest BCUT2D eigenvalue weighted by molar-refractivity contribution is -0.154. The lowest BCUT2D eigenvalue weighted by atomic mass is 10.1. The summed E-state index contributed by atoms with van der Waals surface area (Å²) in [7, 11) is 1.61. The Morgan fingerprint density at radius 2 is 1.78 bits per heavy atom. The first kappa shape index (κ1) is 18.8. The van der Waals surface area contributed by atoms with Crippen LogP contribution in [0.3, 0.4) is 0 Å². The summed E-state index contributed by atoms with van der Waals surface area (Å²) >= 11 is 1.53. The predicted molar refractivity (Wildman–Crippen MR) is 98.2 cm³/mol. The van der Waals surface area contributed by atoms with Crippen LogP contribution in [-0.4, -0.2) is 53.2 Å². The summed E-state index contributed by atoms with van der Waals surface area (Å²) in [6, 6.07) is 7.17. The Bertz CT molecular complexity index is 858. The largest absolute Gasteiger partial charge is 0.454 e. The molecule has 0 saturated carbocycles. The van der Waals surface area contributed by atoms with Gasteiger partial charge in [0.05, 0.1) is 11.1 Å². The Balaban J connectivity index is 1.57. The Morgan fingerprint density at radius 3 is 2.33 bits per heavy atom. The highest BCUT2D eigenvalue weighted by atomic mass is 32.1. The standard InChI is InChI=1S/C19H18N2O5S/c1-12(21-17(23)14-5-3-4-6-15(14)18(21)24)19(25)26-10-16(22)20(2)9-13-7-8-27-11-13/h3-8,11-12H,9-10H2,1-2H3. The molecule has 1 aliphatic heterocycles. The van der Waals surface area contributed by atoms with Crippen molar-refractivity contribution in [2.24, 2.45) is 0 Å². The van der Waals surface area contributed by atoms with Crippen LogP contribution in [-0.2, 0) is 20.9 Å². The lowest BCUT2D eigenvalue weighted by Crippen LogP contribution is -2.44. The van der Waals surface area contributed by atoms with Crippen molar-refractivity contribution in [2.45, 2.75) is 19.5 Å². The van der Waals surface area contributed by atoms with Gasteiger partial charge in [-0.2, -0.15) is 11.3 Å². The van der Waals surface area contributed by atoms with Gasteiger partial charge in [0.2, 0.25) is 0 Å². The number of hydrogen-bond donors (Lipinski definition) is 0. The highest BCUT2D eigenvalue weighted by Crippen LogP contribution is 2.24. The number of esters is 1. The third kappa shape index (κ3) is 3.75. The molecule has 2 heterocycles. The maximum absolute atomic E-state index is 12.4. The van der Waals surface area contributed by atoms with E-state index in [1.807, 2.05) is 16.8 Å². The molecule has 1 aromatic carbocycles. The summed E-state index contributed by atoms with van der Waals surface area (Å²) in [6.07, 6.45) is 0. The second-order valence-corrected chi connectivity index (χ2v) is 6.97. The molecule has 140 valence electrons. The summed E-state index contributed by atoms with van der Waals surface area (Å²) < 4.78 is 5.04. The van der Waals surface area contributed by atoms with Gasteiger partial charge in [-0.3, -0.25) is 19.3 Å². The van der Waals surface area contributed by atoms with E-state index in [1.165, 1.54) is 35.3 Å². The molecule has 3 rings (SSSR count). The van der Waals surface area contributed by atoms with Crippen molar-refractivity contribution in [3.05, 3.63) is 57.8 Å². The van der Waals surface area contributed by atoms with Crippen molar-refractivity contribution in [1.82, 2.24) is 9.80 Å². The molecule has 0 spiro atoms. The van der Waals surface area contributed by atoms with Crippen LogP contribution in [0.1, 0.15) is 33.2 Å². The smallest absolute Gasteiger partial charge is 0.329 e. The molecule has 2 aromatic rings. The Hall–Kier alpha value is -3.00. The zero-order valence-corrected chi connectivity index (χ0v) is 15.7. The zero-order valence-electron chi connectivity index (χ0n) is 14.9. The second-order valence-electron chi connectivity index (χ2n) is 6.19. The number of rotatable bonds is 6. The van der Waals surface area contributed by atoms with Gasteiger partial charge in [0, 0.05) is 13.6 Å². The second kappa shape index (κ2) is 7.71. The van der Waals surface area contributed by atoms with E-state index in [2.05, 4.69) is 0 Å². The lowest BCUT2D eigenvalue weighted by Gasteiger charge is -2.22. The molecule has 27 heavy (non-hydrogen) atoms. The molecule has 3 amide bonds. The highest BCUT2D eigenvalue weighted by molar-refractivity contribution is 7.07. The van der Waals surface area contributed by atoms with Gasteiger partial charge in [-0.05, 0) is 41.4 Å². The number of ether oxygens (including phenoxy) is 1. The average Bonchev–Trinajstić information content (AvgIpc) is 3.26. The first-order chi connectivity index (χ1) is 12.9. The van der Waals surface area contributed by atoms with Gasteiger partial charge in [-0.1, -0.05) is 12.1 Å². The fraction of sp³-hybridized carbons (Fsp3) is 0.263. The van der Waals surface area contributed by atoms with Crippen LogP contribution >= 0.6 is 11.3 Å². The van der Waals surface area contributed by atoms with Gasteiger partial charge in [-0.25, -0.2) is 4.79 Å². The molecule has 1 atom stereocenters. The molecule has 0 fully saturated rings. The van der Waals surface area contributed by atoms with Gasteiger partial charge in [-0.15, -0.1) is 0 Å². The van der Waals surface area contributed by atoms with Gasteiger partial charge in [0.1, 0.15) is 6.04 Å². The maximum Gasteiger partial charge on any atom is 0.329 e. The molecule has 1 aromatic heterocycles. The topological polar surface area (TPSA) is 84.0 Å². The molecular weight excluding hydrogens is 368 g/mol. The highest BCUT2D eigenvalue weighted by Gasteiger charge is 2.41. The molecule has 1 unspecified atom stereocenters. The molecule has 0 N–H and O–H groups in total. The van der Waals surface area contributed by atoms with Gasteiger partial charge in [0.25, 0.3) is 17.7 Å². The number of thiophene rings is 1. The number of hydrogen-bond acceptors (Lipinski definition) is 6. The fourth-order valence-electron chi connectivity index (χ4n) is 2.77. The Kier molecular flexibility index (Phi) is 5.36. The molecule has 0 bridgehead atoms. The fourth-order valence-corrected chi connectivity index (χ4v) is 3.43. The van der Waals surface area contributed by atoms with E-state index in [0.29, 0.717) is 6.54 Å². The van der Waals surface area contributed by atoms with E-state index in [0.717, 1.165) is 10.5 Å². The minimum Gasteiger partial charge on any atom is -0.454 e. The molecule has 0 aliphatic carbocycles. The van der Waals surface area contributed by atoms with Crippen molar-refractivity contribution >= 4 is 35.0 Å². The summed E-state index contributed by atoms with van der Waals surface area (Å²) in [5.74, 6) is -2.26. The van der Waals surface area contributed by atoms with Crippen LogP contribution in [0, 0.1) is 0 Å². The number of likely N-dealkylation sites (N-methyl/N-ethyl adjacent to an activating group) is 1. The SMILES string of the molecule is CC(C(=O)OCC(=O)N(C)Cc1ccsc1)N1C(=O)c2ccccc2C1=O. The molecule has 0 saturated heterocycles. The number of carbonyl (C=O) groups excluding carboxylic acids is 4. The van der Waals surface area contributed by atoms with E-state index >= 15 is 0 Å². The predicted octanol–water partition coefficient (Wildman–Crippen LogP) is 1.93. The van der Waals surface area contributed by atoms with Crippen molar-refractivity contribution < 1.29 is 23.9 Å². The first-order valence-electron chi connectivity index (χ1n) is 8.28. The summed E-state index contributed by atoms with van der Waals surface area (Å²) in [4.78, 5) is 51.5. The van der Waals surface area contributed by atoms with Crippen molar-refractivity contribution in [3.8, 4) is 0 Å². The summed E-state index contributed by atoms with van der Waals surface area (Å²) in [6.45, 7) is 1.37. The van der Waals surface area contributed by atoms with E-state index in [1.54, 1.807) is 19.2 Å². The van der Waals surface area contributed by atoms with Crippen LogP contribution < -0.4 is 0 Å². The number of amides is 3. The quantitative estimate of drug-likeness (QED) is 0.560. The van der Waals surface area contributed by atoms with Gasteiger partial charge < -0.3 is 9.64 Å². The van der Waals surface area contributed by atoms with Crippen LogP contribution in [0.15, 0.2) is 41.1 Å². The maximum atomic E-state index is 12.4. The minimum absolute atomic E-state index is 0.258. The molecule has 0 radical (unpaired) electrons. The van der Waals surface area contributed by atoms with E-state index in [4.69, 9.17) is 4.74 Å². The van der Waals surface area contributed by atoms with E-state index in [-0.39, 0.29) is 17.0 Å². The molecular formula is C19H18N2O5S. The average molecular weight is 386 g/mol. The van der Waals surface area contributed by atoms with Crippen molar-refractivity contribution in [2.75, 3.05) is 13.7 Å². The zero-order chi connectivity index (χ0) is 19.6. The van der Waals surface area contributed by atoms with Crippen LogP contribution in [0.2, 0.25) is 0 Å². The van der Waals surface area contributed by atoms with Crippen molar-refractivity contribution in [3.63, 3.8) is 0 Å². The third-order valence-electron chi connectivity index (χ3n) is 4.32. The van der Waals surface area contributed by atoms with E-state index in [9.17, 15) is 19.2 Å². The van der Waals surface area contributed by atoms with Crippen molar-refractivity contribution in [1.29, 1.82) is 0 Å². The summed E-state index contributed by atoms with van der Waals surface area (Å²) in [5.41, 5.74) is 1.50. The Morgan fingerprint density at radius 1 is 1.15 bits per heavy atom. The minimum atomic E-state index is -1.12. The number of fused-ring (bicyclic) bond motifs is 1. The third-order valence-corrected chi connectivity index (χ3v) is 5.05. The van der Waals surface area contributed by atoms with Crippen LogP contribution in [0.5, 0.6) is 0 Å². The first-order valence-corrected chi connectivity index (χ1v) is 9.23. The number of nitrogens with zero attached hydrogens (tertiary/aromatic N) is 2. The Labute approximate surface area is 160 Å². The molecule has 8 heteroatoms. The van der Waals surface area contributed by atoms with Crippen LogP contribution in [0.4, 0.5) is 0 Å².